The van der Waals surface area contributed by atoms with Gasteiger partial charge in [-0.1, -0.05) is 24.6 Å². The SMILES string of the molecule is FC(F)(F)c1cccc(C[C@@H]2CCCCN2)c1. The highest BCUT2D eigenvalue weighted by molar-refractivity contribution is 5.26. The smallest absolute Gasteiger partial charge is 0.314 e. The zero-order valence-electron chi connectivity index (χ0n) is 9.56. The molecule has 0 aromatic heterocycles. The number of hydrogen-bond donors (Lipinski definition) is 1. The van der Waals surface area contributed by atoms with Crippen molar-refractivity contribution >= 4 is 0 Å². The lowest BCUT2D eigenvalue weighted by Gasteiger charge is -2.23. The van der Waals surface area contributed by atoms with Gasteiger partial charge in [-0.25, -0.2) is 0 Å². The van der Waals surface area contributed by atoms with Gasteiger partial charge >= 0.3 is 6.18 Å². The molecule has 0 aliphatic carbocycles. The van der Waals surface area contributed by atoms with Crippen molar-refractivity contribution in [2.24, 2.45) is 0 Å². The average molecular weight is 243 g/mol. The van der Waals surface area contributed by atoms with Crippen molar-refractivity contribution in [3.8, 4) is 0 Å². The first-order chi connectivity index (χ1) is 8.05. The minimum Gasteiger partial charge on any atom is -0.314 e. The lowest BCUT2D eigenvalue weighted by Crippen LogP contribution is -2.35. The van der Waals surface area contributed by atoms with Crippen molar-refractivity contribution in [1.29, 1.82) is 0 Å². The van der Waals surface area contributed by atoms with Crippen LogP contribution < -0.4 is 5.32 Å². The molecular weight excluding hydrogens is 227 g/mol. The Morgan fingerprint density at radius 2 is 2.06 bits per heavy atom. The van der Waals surface area contributed by atoms with E-state index in [9.17, 15) is 13.2 Å². The molecule has 1 atom stereocenters. The van der Waals surface area contributed by atoms with E-state index >= 15 is 0 Å². The monoisotopic (exact) mass is 243 g/mol. The van der Waals surface area contributed by atoms with E-state index in [0.717, 1.165) is 31.0 Å². The molecule has 2 rings (SSSR count). The molecule has 94 valence electrons. The van der Waals surface area contributed by atoms with Crippen molar-refractivity contribution in [2.45, 2.75) is 37.9 Å². The Balaban J connectivity index is 2.05. The molecule has 0 bridgehead atoms. The van der Waals surface area contributed by atoms with E-state index < -0.39 is 11.7 Å². The number of benzene rings is 1. The van der Waals surface area contributed by atoms with Crippen LogP contribution in [0.15, 0.2) is 24.3 Å². The predicted molar refractivity (Wildman–Crippen MR) is 60.8 cm³/mol. The van der Waals surface area contributed by atoms with E-state index in [1.807, 2.05) is 0 Å². The first-order valence-corrected chi connectivity index (χ1v) is 5.95. The van der Waals surface area contributed by atoms with Crippen LogP contribution in [0.5, 0.6) is 0 Å². The van der Waals surface area contributed by atoms with Crippen LogP contribution in [0.25, 0.3) is 0 Å². The van der Waals surface area contributed by atoms with E-state index in [0.29, 0.717) is 12.5 Å². The Hall–Kier alpha value is -1.03. The van der Waals surface area contributed by atoms with Gasteiger partial charge in [0.15, 0.2) is 0 Å². The van der Waals surface area contributed by atoms with Crippen LogP contribution in [-0.2, 0) is 12.6 Å². The molecule has 1 aliphatic heterocycles. The highest BCUT2D eigenvalue weighted by Crippen LogP contribution is 2.29. The van der Waals surface area contributed by atoms with Gasteiger partial charge in [0.1, 0.15) is 0 Å². The van der Waals surface area contributed by atoms with Crippen molar-refractivity contribution < 1.29 is 13.2 Å². The van der Waals surface area contributed by atoms with Crippen LogP contribution in [0.1, 0.15) is 30.4 Å². The molecule has 1 aliphatic rings. The molecule has 1 saturated heterocycles. The van der Waals surface area contributed by atoms with E-state index in [1.165, 1.54) is 18.6 Å². The molecule has 0 unspecified atom stereocenters. The second-order valence-corrected chi connectivity index (χ2v) is 4.55. The highest BCUT2D eigenvalue weighted by atomic mass is 19.4. The number of nitrogens with one attached hydrogen (secondary N) is 1. The highest BCUT2D eigenvalue weighted by Gasteiger charge is 2.30. The first-order valence-electron chi connectivity index (χ1n) is 5.95. The summed E-state index contributed by atoms with van der Waals surface area (Å²) in [5, 5.41) is 3.34. The normalized spacial score (nSPS) is 21.5. The third kappa shape index (κ3) is 3.46. The van der Waals surface area contributed by atoms with Gasteiger partial charge in [0.2, 0.25) is 0 Å². The Bertz CT molecular complexity index is 367. The third-order valence-electron chi connectivity index (χ3n) is 3.15. The maximum Gasteiger partial charge on any atom is 0.416 e. The van der Waals surface area contributed by atoms with E-state index in [2.05, 4.69) is 5.32 Å². The molecule has 4 heteroatoms. The first kappa shape index (κ1) is 12.4. The molecule has 1 N–H and O–H groups in total. The minimum atomic E-state index is -4.24. The maximum absolute atomic E-state index is 12.5. The summed E-state index contributed by atoms with van der Waals surface area (Å²) in [5.74, 6) is 0. The topological polar surface area (TPSA) is 12.0 Å². The molecule has 0 spiro atoms. The summed E-state index contributed by atoms with van der Waals surface area (Å²) in [6, 6.07) is 5.97. The maximum atomic E-state index is 12.5. The fourth-order valence-electron chi connectivity index (χ4n) is 2.26. The van der Waals surface area contributed by atoms with Crippen molar-refractivity contribution in [1.82, 2.24) is 5.32 Å². The van der Waals surface area contributed by atoms with E-state index in [1.54, 1.807) is 6.07 Å². The fourth-order valence-corrected chi connectivity index (χ4v) is 2.26. The summed E-state index contributed by atoms with van der Waals surface area (Å²) in [6.45, 7) is 0.976. The molecule has 1 aromatic rings. The van der Waals surface area contributed by atoms with Crippen LogP contribution in [0.3, 0.4) is 0 Å². The largest absolute Gasteiger partial charge is 0.416 e. The van der Waals surface area contributed by atoms with Crippen molar-refractivity contribution in [2.75, 3.05) is 6.54 Å². The second-order valence-electron chi connectivity index (χ2n) is 4.55. The Labute approximate surface area is 99.0 Å². The zero-order valence-corrected chi connectivity index (χ0v) is 9.56. The lowest BCUT2D eigenvalue weighted by atomic mass is 9.97. The molecule has 0 radical (unpaired) electrons. The Kier molecular flexibility index (Phi) is 3.72. The number of hydrogen-bond acceptors (Lipinski definition) is 1. The van der Waals surface area contributed by atoms with Crippen LogP contribution >= 0.6 is 0 Å². The van der Waals surface area contributed by atoms with Crippen molar-refractivity contribution in [3.05, 3.63) is 35.4 Å². The van der Waals surface area contributed by atoms with E-state index in [-0.39, 0.29) is 0 Å². The van der Waals surface area contributed by atoms with Gasteiger partial charge < -0.3 is 5.32 Å². The number of halogens is 3. The lowest BCUT2D eigenvalue weighted by molar-refractivity contribution is -0.137. The molecule has 1 aromatic carbocycles. The third-order valence-corrected chi connectivity index (χ3v) is 3.15. The number of alkyl halides is 3. The Morgan fingerprint density at radius 1 is 1.24 bits per heavy atom. The van der Waals surface area contributed by atoms with Crippen LogP contribution in [0.2, 0.25) is 0 Å². The number of rotatable bonds is 2. The van der Waals surface area contributed by atoms with E-state index in [4.69, 9.17) is 0 Å². The van der Waals surface area contributed by atoms with Crippen LogP contribution in [0, 0.1) is 0 Å². The van der Waals surface area contributed by atoms with Gasteiger partial charge in [-0.15, -0.1) is 0 Å². The zero-order chi connectivity index (χ0) is 12.3. The fraction of sp³-hybridized carbons (Fsp3) is 0.538. The Morgan fingerprint density at radius 3 is 2.71 bits per heavy atom. The summed E-state index contributed by atoms with van der Waals surface area (Å²) < 4.78 is 37.6. The second kappa shape index (κ2) is 5.08. The quantitative estimate of drug-likeness (QED) is 0.839. The summed E-state index contributed by atoms with van der Waals surface area (Å²) in [5.41, 5.74) is 0.213. The summed E-state index contributed by atoms with van der Waals surface area (Å²) in [4.78, 5) is 0. The molecular formula is C13H16F3N. The van der Waals surface area contributed by atoms with Crippen LogP contribution in [0.4, 0.5) is 13.2 Å². The summed E-state index contributed by atoms with van der Waals surface area (Å²) in [7, 11) is 0. The van der Waals surface area contributed by atoms with Gasteiger partial charge in [-0.2, -0.15) is 13.2 Å². The molecule has 0 saturated carbocycles. The molecule has 17 heavy (non-hydrogen) atoms. The van der Waals surface area contributed by atoms with Gasteiger partial charge in [0, 0.05) is 6.04 Å². The summed E-state index contributed by atoms with van der Waals surface area (Å²) in [6.07, 6.45) is -0.175. The molecule has 0 amide bonds. The molecule has 1 fully saturated rings. The standard InChI is InChI=1S/C13H16F3N/c14-13(15,16)11-5-3-4-10(8-11)9-12-6-1-2-7-17-12/h3-5,8,12,17H,1-2,6-7,9H2/t12-/m0/s1. The average Bonchev–Trinajstić information content (AvgIpc) is 2.29. The molecule has 1 heterocycles. The van der Waals surface area contributed by atoms with Gasteiger partial charge in [-0.3, -0.25) is 0 Å². The van der Waals surface area contributed by atoms with Gasteiger partial charge in [0.05, 0.1) is 5.56 Å². The van der Waals surface area contributed by atoms with Crippen LogP contribution in [-0.4, -0.2) is 12.6 Å². The summed E-state index contributed by atoms with van der Waals surface area (Å²) >= 11 is 0. The predicted octanol–water partition coefficient (Wildman–Crippen LogP) is 3.39. The number of piperidine rings is 1. The molecule has 1 nitrogen and oxygen atoms in total. The van der Waals surface area contributed by atoms with Gasteiger partial charge in [0.25, 0.3) is 0 Å². The van der Waals surface area contributed by atoms with Gasteiger partial charge in [-0.05, 0) is 37.4 Å². The van der Waals surface area contributed by atoms with Crippen molar-refractivity contribution in [3.63, 3.8) is 0 Å². The minimum absolute atomic E-state index is 0.326.